The molecule has 3 rings (SSSR count). The van der Waals surface area contributed by atoms with Crippen molar-refractivity contribution in [1.82, 2.24) is 0 Å². The highest BCUT2D eigenvalue weighted by atomic mass is 16.5. The van der Waals surface area contributed by atoms with Crippen molar-refractivity contribution in [3.05, 3.63) is 47.4 Å². The molecule has 102 valence electrons. The van der Waals surface area contributed by atoms with E-state index < -0.39 is 65.1 Å². The van der Waals surface area contributed by atoms with Gasteiger partial charge in [-0.3, -0.25) is 4.79 Å². The molecule has 5 heteroatoms. The number of rotatable bonds is 1. The second-order valence-electron chi connectivity index (χ2n) is 4.16. The maximum Gasteiger partial charge on any atom is 0.181 e. The van der Waals surface area contributed by atoms with Crippen LogP contribution in [0.4, 0.5) is 0 Å². The predicted octanol–water partition coefficient (Wildman–Crippen LogP) is 2.16. The van der Waals surface area contributed by atoms with Crippen molar-refractivity contribution in [2.75, 3.05) is 6.61 Å². The molecule has 0 radical (unpaired) electrons. The number of fused-ring (bicyclic) bond motifs is 1. The number of phenolic OH excluding ortho intramolecular Hbond substituents is 3. The molecular formula is C15H12O5. The van der Waals surface area contributed by atoms with Crippen molar-refractivity contribution in [3.63, 3.8) is 0 Å². The lowest BCUT2D eigenvalue weighted by molar-refractivity contribution is 0.0892. The lowest BCUT2D eigenvalue weighted by Gasteiger charge is -2.25. The number of aromatic hydroxyl groups is 3. The molecule has 5 nitrogen and oxygen atoms in total. The van der Waals surface area contributed by atoms with Gasteiger partial charge in [-0.25, -0.2) is 0 Å². The zero-order chi connectivity index (χ0) is 18.7. The summed E-state index contributed by atoms with van der Waals surface area (Å²) in [6, 6.07) is -1.08. The molecule has 2 aromatic rings. The Bertz CT molecular complexity index is 900. The van der Waals surface area contributed by atoms with Gasteiger partial charge in [0.25, 0.3) is 0 Å². The minimum atomic E-state index is -2.37. The van der Waals surface area contributed by atoms with E-state index in [0.29, 0.717) is 0 Å². The monoisotopic (exact) mass is 277 g/mol. The molecule has 0 bridgehead atoms. The molecule has 0 aromatic heterocycles. The fourth-order valence-electron chi connectivity index (χ4n) is 1.94. The molecule has 2 aromatic carbocycles. The predicted molar refractivity (Wildman–Crippen MR) is 70.4 cm³/mol. The Balaban J connectivity index is 2.28. The highest BCUT2D eigenvalue weighted by Crippen LogP contribution is 2.40. The van der Waals surface area contributed by atoms with Crippen LogP contribution in [0.1, 0.15) is 28.7 Å². The maximum atomic E-state index is 12.8. The molecule has 1 unspecified atom stereocenters. The van der Waals surface area contributed by atoms with Crippen molar-refractivity contribution < 1.29 is 31.7 Å². The largest absolute Gasteiger partial charge is 0.508 e. The molecule has 1 atom stereocenters. The Kier molecular flexibility index (Phi) is 1.73. The lowest BCUT2D eigenvalue weighted by atomic mass is 9.88. The number of benzene rings is 2. The summed E-state index contributed by atoms with van der Waals surface area (Å²) in [5.74, 6) is -5.40. The summed E-state index contributed by atoms with van der Waals surface area (Å²) in [5.41, 5.74) is -0.965. The van der Waals surface area contributed by atoms with Gasteiger partial charge in [-0.2, -0.15) is 0 Å². The number of ether oxygens (including phenoxy) is 1. The quantitative estimate of drug-likeness (QED) is 0.743. The smallest absolute Gasteiger partial charge is 0.181 e. The lowest BCUT2D eigenvalue weighted by Crippen LogP contribution is -2.26. The Hall–Kier alpha value is -2.69. The van der Waals surface area contributed by atoms with Crippen LogP contribution in [-0.4, -0.2) is 27.7 Å². The van der Waals surface area contributed by atoms with Crippen molar-refractivity contribution in [1.29, 1.82) is 0 Å². The first kappa shape index (κ1) is 7.79. The van der Waals surface area contributed by atoms with E-state index in [1.165, 1.54) is 0 Å². The molecule has 3 N–H and O–H groups in total. The van der Waals surface area contributed by atoms with Crippen molar-refractivity contribution in [3.8, 4) is 23.0 Å². The van der Waals surface area contributed by atoms with Gasteiger partial charge in [-0.15, -0.1) is 0 Å². The van der Waals surface area contributed by atoms with Crippen LogP contribution in [0, 0.1) is 0 Å². The van der Waals surface area contributed by atoms with E-state index in [1.54, 1.807) is 0 Å². The maximum absolute atomic E-state index is 12.8. The van der Waals surface area contributed by atoms with Gasteiger partial charge in [-0.05, 0) is 17.6 Å². The number of carbonyl (C=O) groups is 1. The van der Waals surface area contributed by atoms with Gasteiger partial charge in [-0.1, -0.05) is 12.1 Å². The summed E-state index contributed by atoms with van der Waals surface area (Å²) < 4.78 is 44.9. The highest BCUT2D eigenvalue weighted by molar-refractivity contribution is 6.06. The highest BCUT2D eigenvalue weighted by Gasteiger charge is 2.33. The molecule has 1 aliphatic heterocycles. The molecule has 0 fully saturated rings. The average molecular weight is 277 g/mol. The first-order valence-electron chi connectivity index (χ1n) is 8.13. The third kappa shape index (κ3) is 1.93. The minimum absolute atomic E-state index is 0.153. The number of Topliss-reactive ketones (excluding diaryl/α,β-unsaturated/α-hetero) is 1. The van der Waals surface area contributed by atoms with Crippen LogP contribution in [0.3, 0.4) is 0 Å². The SMILES string of the molecule is [2H]c1c([2H])c(C2([2H])COc3cc(O)cc(O)c3C2=O)c([2H])c([2H])c1O. The first-order valence-corrected chi connectivity index (χ1v) is 5.63. The second kappa shape index (κ2) is 4.45. The molecule has 20 heavy (non-hydrogen) atoms. The minimum Gasteiger partial charge on any atom is -0.508 e. The summed E-state index contributed by atoms with van der Waals surface area (Å²) >= 11 is 0. The Morgan fingerprint density at radius 3 is 2.55 bits per heavy atom. The van der Waals surface area contributed by atoms with E-state index >= 15 is 0 Å². The zero-order valence-corrected chi connectivity index (χ0v) is 10.0. The van der Waals surface area contributed by atoms with Gasteiger partial charge in [0.05, 0.1) is 11.4 Å². The van der Waals surface area contributed by atoms with Gasteiger partial charge in [0.15, 0.2) is 5.78 Å². The number of carbonyl (C=O) groups excluding carboxylic acids is 1. The van der Waals surface area contributed by atoms with Gasteiger partial charge in [0, 0.05) is 13.5 Å². The van der Waals surface area contributed by atoms with E-state index in [-0.39, 0.29) is 11.5 Å². The summed E-state index contributed by atoms with van der Waals surface area (Å²) in [6.45, 7) is -0.650. The molecule has 0 aliphatic carbocycles. The average Bonchev–Trinajstić information content (AvgIpc) is 2.54. The van der Waals surface area contributed by atoms with E-state index in [0.717, 1.165) is 12.1 Å². The summed E-state index contributed by atoms with van der Waals surface area (Å²) in [7, 11) is 0. The normalized spacial score (nSPS) is 24.6. The third-order valence-corrected chi connectivity index (χ3v) is 2.85. The topological polar surface area (TPSA) is 87.0 Å². The van der Waals surface area contributed by atoms with Crippen LogP contribution in [0.2, 0.25) is 0 Å². The Morgan fingerprint density at radius 2 is 1.85 bits per heavy atom. The van der Waals surface area contributed by atoms with E-state index in [4.69, 9.17) is 11.6 Å². The molecule has 0 amide bonds. The van der Waals surface area contributed by atoms with Gasteiger partial charge < -0.3 is 20.1 Å². The Morgan fingerprint density at radius 1 is 1.15 bits per heavy atom. The molecule has 0 saturated carbocycles. The van der Waals surface area contributed by atoms with Crippen LogP contribution in [0.15, 0.2) is 36.3 Å². The van der Waals surface area contributed by atoms with E-state index in [1.807, 2.05) is 0 Å². The van der Waals surface area contributed by atoms with Crippen LogP contribution in [0.5, 0.6) is 23.0 Å². The van der Waals surface area contributed by atoms with Crippen LogP contribution >= 0.6 is 0 Å². The summed E-state index contributed by atoms with van der Waals surface area (Å²) in [6.07, 6.45) is 0. The van der Waals surface area contributed by atoms with Crippen molar-refractivity contribution in [2.24, 2.45) is 0 Å². The van der Waals surface area contributed by atoms with Gasteiger partial charge in [0.1, 0.15) is 35.2 Å². The standard InChI is InChI=1S/C15H12O5/c16-9-3-1-8(2-4-9)11-7-20-13-6-10(17)5-12(18)14(13)15(11)19/h1-6,11,16-18H,7H2/i1D,2D,3D,4D,11D. The number of phenols is 3. The number of hydrogen-bond acceptors (Lipinski definition) is 5. The molecular weight excluding hydrogens is 260 g/mol. The van der Waals surface area contributed by atoms with Crippen LogP contribution < -0.4 is 4.74 Å². The number of hydrogen-bond donors (Lipinski definition) is 3. The van der Waals surface area contributed by atoms with E-state index in [2.05, 4.69) is 0 Å². The molecule has 1 heterocycles. The van der Waals surface area contributed by atoms with Crippen molar-refractivity contribution >= 4 is 5.78 Å². The molecule has 0 spiro atoms. The van der Waals surface area contributed by atoms with Crippen LogP contribution in [-0.2, 0) is 0 Å². The molecule has 0 saturated heterocycles. The third-order valence-electron chi connectivity index (χ3n) is 2.85. The van der Waals surface area contributed by atoms with Crippen LogP contribution in [0.25, 0.3) is 0 Å². The van der Waals surface area contributed by atoms with Crippen molar-refractivity contribution in [2.45, 2.75) is 5.89 Å². The van der Waals surface area contributed by atoms with Gasteiger partial charge >= 0.3 is 0 Å². The molecule has 1 aliphatic rings. The van der Waals surface area contributed by atoms with Gasteiger partial charge in [0.2, 0.25) is 0 Å². The summed E-state index contributed by atoms with van der Waals surface area (Å²) in [4.78, 5) is 12.8. The van der Waals surface area contributed by atoms with E-state index in [9.17, 15) is 20.1 Å². The second-order valence-corrected chi connectivity index (χ2v) is 4.16. The first-order chi connectivity index (χ1) is 11.6. The fourth-order valence-corrected chi connectivity index (χ4v) is 1.94. The fraction of sp³-hybridized carbons (Fsp3) is 0.133. The summed E-state index contributed by atoms with van der Waals surface area (Å²) in [5, 5.41) is 29.0. The zero-order valence-electron chi connectivity index (χ0n) is 15.0. The Labute approximate surface area is 121 Å². The number of ketones is 1.